The summed E-state index contributed by atoms with van der Waals surface area (Å²) in [6.45, 7) is 3.57. The van der Waals surface area contributed by atoms with Gasteiger partial charge in [-0.1, -0.05) is 37.5 Å². The molecule has 2 aromatic carbocycles. The van der Waals surface area contributed by atoms with Crippen molar-refractivity contribution in [2.45, 2.75) is 49.3 Å². The third kappa shape index (κ3) is 5.13. The van der Waals surface area contributed by atoms with Gasteiger partial charge in [0.2, 0.25) is 10.0 Å². The summed E-state index contributed by atoms with van der Waals surface area (Å²) in [4.78, 5) is 13.3. The molecule has 1 saturated heterocycles. The Hall–Kier alpha value is -2.29. The van der Waals surface area contributed by atoms with Gasteiger partial charge in [-0.05, 0) is 55.2 Å². The van der Waals surface area contributed by atoms with Crippen LogP contribution in [0.5, 0.6) is 0 Å². The van der Waals surface area contributed by atoms with Gasteiger partial charge in [0.05, 0.1) is 18.1 Å². The summed E-state index contributed by atoms with van der Waals surface area (Å²) in [5.41, 5.74) is 1.86. The summed E-state index contributed by atoms with van der Waals surface area (Å²) in [5, 5.41) is 3.06. The van der Waals surface area contributed by atoms with Gasteiger partial charge in [0, 0.05) is 30.6 Å². The van der Waals surface area contributed by atoms with Gasteiger partial charge in [0.25, 0.3) is 5.91 Å². The van der Waals surface area contributed by atoms with Crippen molar-refractivity contribution in [3.05, 3.63) is 65.0 Å². The molecule has 2 aromatic rings. The van der Waals surface area contributed by atoms with Crippen molar-refractivity contribution >= 4 is 15.9 Å². The molecule has 0 radical (unpaired) electrons. The van der Waals surface area contributed by atoms with E-state index in [0.29, 0.717) is 44.0 Å². The van der Waals surface area contributed by atoms with Crippen molar-refractivity contribution in [1.29, 1.82) is 0 Å². The monoisotopic (exact) mass is 474 g/mol. The number of halogens is 1. The van der Waals surface area contributed by atoms with Crippen molar-refractivity contribution in [3.8, 4) is 0 Å². The maximum absolute atomic E-state index is 13.5. The molecule has 4 rings (SSSR count). The van der Waals surface area contributed by atoms with E-state index in [2.05, 4.69) is 5.32 Å². The average molecular weight is 475 g/mol. The number of carbonyl (C=O) groups is 1. The van der Waals surface area contributed by atoms with Crippen LogP contribution in [0.25, 0.3) is 0 Å². The lowest BCUT2D eigenvalue weighted by molar-refractivity contribution is 0.0730. The van der Waals surface area contributed by atoms with E-state index in [9.17, 15) is 17.6 Å². The standard InChI is InChI=1S/C25H31FN2O4S/c1-19-5-10-22(33(30,31)28-13-15-32-16-14-28)17-23(19)24(29)27-18-25(11-3-2-4-12-25)20-6-8-21(26)9-7-20/h5-10,17H,2-4,11-16,18H2,1H3,(H,27,29). The highest BCUT2D eigenvalue weighted by Crippen LogP contribution is 2.39. The van der Waals surface area contributed by atoms with Crippen LogP contribution in [0.2, 0.25) is 0 Å². The minimum atomic E-state index is -3.69. The number of ether oxygens (including phenoxy) is 1. The largest absolute Gasteiger partial charge is 0.379 e. The van der Waals surface area contributed by atoms with Gasteiger partial charge < -0.3 is 10.1 Å². The highest BCUT2D eigenvalue weighted by atomic mass is 32.2. The van der Waals surface area contributed by atoms with Gasteiger partial charge in [-0.2, -0.15) is 4.31 Å². The predicted molar refractivity (Wildman–Crippen MR) is 124 cm³/mol. The quantitative estimate of drug-likeness (QED) is 0.691. The molecule has 1 N–H and O–H groups in total. The Kier molecular flexibility index (Phi) is 7.16. The Morgan fingerprint density at radius 1 is 1.06 bits per heavy atom. The van der Waals surface area contributed by atoms with Crippen LogP contribution in [-0.4, -0.2) is 51.5 Å². The zero-order valence-corrected chi connectivity index (χ0v) is 19.8. The van der Waals surface area contributed by atoms with E-state index < -0.39 is 10.0 Å². The highest BCUT2D eigenvalue weighted by molar-refractivity contribution is 7.89. The molecule has 178 valence electrons. The fourth-order valence-electron chi connectivity index (χ4n) is 4.89. The first kappa shape index (κ1) is 23.9. The first-order valence-corrected chi connectivity index (χ1v) is 13.0. The number of amides is 1. The smallest absolute Gasteiger partial charge is 0.251 e. The maximum atomic E-state index is 13.5. The number of morpholine rings is 1. The number of hydrogen-bond donors (Lipinski definition) is 1. The van der Waals surface area contributed by atoms with Gasteiger partial charge in [0.1, 0.15) is 5.82 Å². The topological polar surface area (TPSA) is 75.7 Å². The number of benzene rings is 2. The van der Waals surface area contributed by atoms with Crippen LogP contribution < -0.4 is 5.32 Å². The van der Waals surface area contributed by atoms with E-state index in [4.69, 9.17) is 4.74 Å². The summed E-state index contributed by atoms with van der Waals surface area (Å²) in [5.74, 6) is -0.568. The van der Waals surface area contributed by atoms with Crippen molar-refractivity contribution < 1.29 is 22.3 Å². The molecule has 6 nitrogen and oxygen atoms in total. The average Bonchev–Trinajstić information content (AvgIpc) is 2.84. The molecule has 2 fully saturated rings. The SMILES string of the molecule is Cc1ccc(S(=O)(=O)N2CCOCC2)cc1C(=O)NCC1(c2ccc(F)cc2)CCCCC1. The minimum Gasteiger partial charge on any atom is -0.379 e. The Morgan fingerprint density at radius 3 is 2.39 bits per heavy atom. The molecule has 33 heavy (non-hydrogen) atoms. The van der Waals surface area contributed by atoms with Gasteiger partial charge in [0.15, 0.2) is 0 Å². The number of carbonyl (C=O) groups excluding carboxylic acids is 1. The number of nitrogens with zero attached hydrogens (tertiary/aromatic N) is 1. The number of hydrogen-bond acceptors (Lipinski definition) is 4. The summed E-state index contributed by atoms with van der Waals surface area (Å²) in [6, 6.07) is 11.3. The summed E-state index contributed by atoms with van der Waals surface area (Å²) in [6.07, 6.45) is 5.10. The lowest BCUT2D eigenvalue weighted by Gasteiger charge is -2.38. The maximum Gasteiger partial charge on any atom is 0.251 e. The van der Waals surface area contributed by atoms with Gasteiger partial charge in [-0.3, -0.25) is 4.79 Å². The van der Waals surface area contributed by atoms with E-state index >= 15 is 0 Å². The molecule has 1 amide bonds. The zero-order valence-electron chi connectivity index (χ0n) is 19.0. The Morgan fingerprint density at radius 2 is 1.73 bits per heavy atom. The molecule has 1 saturated carbocycles. The molecule has 8 heteroatoms. The number of aryl methyl sites for hydroxylation is 1. The molecule has 1 aliphatic carbocycles. The van der Waals surface area contributed by atoms with E-state index in [-0.39, 0.29) is 22.0 Å². The van der Waals surface area contributed by atoms with Crippen LogP contribution in [0.4, 0.5) is 4.39 Å². The molecule has 0 spiro atoms. The van der Waals surface area contributed by atoms with Crippen LogP contribution in [-0.2, 0) is 20.2 Å². The Bertz CT molecular complexity index is 1090. The van der Waals surface area contributed by atoms with E-state index in [1.165, 1.54) is 22.5 Å². The van der Waals surface area contributed by atoms with Crippen LogP contribution in [0, 0.1) is 12.7 Å². The second-order valence-corrected chi connectivity index (χ2v) is 11.0. The normalized spacial score (nSPS) is 19.2. The highest BCUT2D eigenvalue weighted by Gasteiger charge is 2.35. The third-order valence-corrected chi connectivity index (χ3v) is 8.81. The van der Waals surface area contributed by atoms with Crippen molar-refractivity contribution in [2.24, 2.45) is 0 Å². The number of rotatable bonds is 6. The predicted octanol–water partition coefficient (Wildman–Crippen LogP) is 3.79. The van der Waals surface area contributed by atoms with Crippen LogP contribution in [0.15, 0.2) is 47.4 Å². The van der Waals surface area contributed by atoms with Crippen molar-refractivity contribution in [3.63, 3.8) is 0 Å². The fraction of sp³-hybridized carbons (Fsp3) is 0.480. The van der Waals surface area contributed by atoms with E-state index in [1.54, 1.807) is 19.1 Å². The molecule has 1 heterocycles. The van der Waals surface area contributed by atoms with Crippen LogP contribution >= 0.6 is 0 Å². The Balaban J connectivity index is 1.55. The first-order valence-electron chi connectivity index (χ1n) is 11.5. The minimum absolute atomic E-state index is 0.117. The zero-order chi connectivity index (χ0) is 23.5. The van der Waals surface area contributed by atoms with Crippen molar-refractivity contribution in [2.75, 3.05) is 32.8 Å². The molecular weight excluding hydrogens is 443 g/mol. The lowest BCUT2D eigenvalue weighted by Crippen LogP contribution is -2.42. The molecule has 2 aliphatic rings. The molecule has 0 unspecified atom stereocenters. The molecule has 0 aromatic heterocycles. The Labute approximate surface area is 195 Å². The molecular formula is C25H31FN2O4S. The summed E-state index contributed by atoms with van der Waals surface area (Å²) >= 11 is 0. The lowest BCUT2D eigenvalue weighted by atomic mass is 9.69. The van der Waals surface area contributed by atoms with Gasteiger partial charge in [-0.25, -0.2) is 12.8 Å². The van der Waals surface area contributed by atoms with E-state index in [1.807, 2.05) is 12.1 Å². The van der Waals surface area contributed by atoms with Gasteiger partial charge >= 0.3 is 0 Å². The second kappa shape index (κ2) is 9.91. The number of nitrogens with one attached hydrogen (secondary N) is 1. The van der Waals surface area contributed by atoms with Crippen LogP contribution in [0.3, 0.4) is 0 Å². The third-order valence-electron chi connectivity index (χ3n) is 6.92. The van der Waals surface area contributed by atoms with Gasteiger partial charge in [-0.15, -0.1) is 0 Å². The van der Waals surface area contributed by atoms with Crippen LogP contribution in [0.1, 0.15) is 53.6 Å². The number of sulfonamides is 1. The fourth-order valence-corrected chi connectivity index (χ4v) is 6.32. The molecule has 0 bridgehead atoms. The van der Waals surface area contributed by atoms with E-state index in [0.717, 1.165) is 37.7 Å². The second-order valence-electron chi connectivity index (χ2n) is 9.02. The summed E-state index contributed by atoms with van der Waals surface area (Å²) in [7, 11) is -3.69. The molecule has 1 aliphatic heterocycles. The summed E-state index contributed by atoms with van der Waals surface area (Å²) < 4.78 is 46.3. The molecule has 0 atom stereocenters. The van der Waals surface area contributed by atoms with Crippen molar-refractivity contribution in [1.82, 2.24) is 9.62 Å². The first-order chi connectivity index (χ1) is 15.8.